The van der Waals surface area contributed by atoms with Crippen molar-refractivity contribution in [3.63, 3.8) is 0 Å². The maximum absolute atomic E-state index is 12.7. The van der Waals surface area contributed by atoms with Crippen molar-refractivity contribution in [2.45, 2.75) is 13.1 Å². The Kier molecular flexibility index (Phi) is 2.71. The number of alkyl halides is 4. The summed E-state index contributed by atoms with van der Waals surface area (Å²) in [5.41, 5.74) is 0.00519. The van der Waals surface area contributed by atoms with E-state index in [0.29, 0.717) is 9.13 Å². The molecule has 0 amide bonds. The van der Waals surface area contributed by atoms with Crippen LogP contribution in [-0.4, -0.2) is 9.13 Å². The van der Waals surface area contributed by atoms with Gasteiger partial charge in [-0.25, -0.2) is 0 Å². The fourth-order valence-electron chi connectivity index (χ4n) is 1.57. The summed E-state index contributed by atoms with van der Waals surface area (Å²) < 4.78 is 50.9. The van der Waals surface area contributed by atoms with Gasteiger partial charge in [0.15, 0.2) is 4.77 Å². The number of fused-ring (bicyclic) bond motifs is 1. The molecule has 0 fully saturated rings. The lowest BCUT2D eigenvalue weighted by molar-refractivity contribution is 0.0556. The van der Waals surface area contributed by atoms with Crippen LogP contribution in [0.25, 0.3) is 11.0 Å². The molecule has 0 radical (unpaired) electrons. The van der Waals surface area contributed by atoms with Gasteiger partial charge in [-0.2, -0.15) is 17.6 Å². The Bertz CT molecular complexity index is 524. The second-order valence-electron chi connectivity index (χ2n) is 3.07. The van der Waals surface area contributed by atoms with E-state index in [-0.39, 0.29) is 11.0 Å². The smallest absolute Gasteiger partial charge is 0.259 e. The Hall–Kier alpha value is -1.37. The standard InChI is InChI=1S/C9H6F4N2S/c10-7(11)14-5-3-1-2-4-6(5)15(8(12)13)9(14)16/h1-4,7-8H. The monoisotopic (exact) mass is 250 g/mol. The lowest BCUT2D eigenvalue weighted by Crippen LogP contribution is -2.02. The molecule has 2 nitrogen and oxygen atoms in total. The number of rotatable bonds is 2. The second-order valence-corrected chi connectivity index (χ2v) is 3.43. The number of hydrogen-bond donors (Lipinski definition) is 0. The summed E-state index contributed by atoms with van der Waals surface area (Å²) in [5.74, 6) is 0. The Labute approximate surface area is 92.7 Å². The summed E-state index contributed by atoms with van der Waals surface area (Å²) in [4.78, 5) is 0. The van der Waals surface area contributed by atoms with Gasteiger partial charge in [-0.1, -0.05) is 12.1 Å². The first-order chi connectivity index (χ1) is 7.54. The molecule has 1 heterocycles. The molecular formula is C9H6F4N2S. The van der Waals surface area contributed by atoms with Crippen molar-refractivity contribution in [2.75, 3.05) is 0 Å². The molecule has 7 heteroatoms. The van der Waals surface area contributed by atoms with Crippen LogP contribution in [0.15, 0.2) is 24.3 Å². The van der Waals surface area contributed by atoms with Gasteiger partial charge in [-0.3, -0.25) is 9.13 Å². The zero-order valence-electron chi connectivity index (χ0n) is 7.78. The summed E-state index contributed by atoms with van der Waals surface area (Å²) in [6.45, 7) is -5.87. The Morgan fingerprint density at radius 1 is 0.875 bits per heavy atom. The minimum absolute atomic E-state index is 0.00259. The molecule has 2 aromatic rings. The quantitative estimate of drug-likeness (QED) is 0.579. The van der Waals surface area contributed by atoms with Crippen LogP contribution < -0.4 is 0 Å². The average molecular weight is 250 g/mol. The summed E-state index contributed by atoms with van der Waals surface area (Å²) in [7, 11) is 0. The topological polar surface area (TPSA) is 9.86 Å². The van der Waals surface area contributed by atoms with Crippen molar-refractivity contribution in [3.8, 4) is 0 Å². The fraction of sp³-hybridized carbons (Fsp3) is 0.222. The van der Waals surface area contributed by atoms with E-state index in [0.717, 1.165) is 0 Å². The van der Waals surface area contributed by atoms with Crippen molar-refractivity contribution in [1.29, 1.82) is 0 Å². The van der Waals surface area contributed by atoms with Crippen LogP contribution in [0.4, 0.5) is 17.6 Å². The highest BCUT2D eigenvalue weighted by molar-refractivity contribution is 7.71. The number of imidazole rings is 1. The van der Waals surface area contributed by atoms with Crippen LogP contribution in [0, 0.1) is 4.77 Å². The molecule has 0 bridgehead atoms. The minimum atomic E-state index is -2.93. The molecule has 0 atom stereocenters. The Morgan fingerprint density at radius 3 is 1.56 bits per heavy atom. The average Bonchev–Trinajstić information content (AvgIpc) is 2.49. The van der Waals surface area contributed by atoms with Crippen LogP contribution in [0.1, 0.15) is 13.1 Å². The van der Waals surface area contributed by atoms with Crippen molar-refractivity contribution >= 4 is 23.3 Å². The zero-order chi connectivity index (χ0) is 11.9. The van der Waals surface area contributed by atoms with E-state index < -0.39 is 17.9 Å². The van der Waals surface area contributed by atoms with Gasteiger partial charge in [0.05, 0.1) is 11.0 Å². The van der Waals surface area contributed by atoms with Gasteiger partial charge in [0, 0.05) is 0 Å². The molecule has 86 valence electrons. The number of para-hydroxylation sites is 2. The predicted octanol–water partition coefficient (Wildman–Crippen LogP) is 3.96. The third-order valence-corrected chi connectivity index (χ3v) is 2.60. The van der Waals surface area contributed by atoms with Crippen LogP contribution in [0.2, 0.25) is 0 Å². The lowest BCUT2D eigenvalue weighted by Gasteiger charge is -2.01. The summed E-state index contributed by atoms with van der Waals surface area (Å²) >= 11 is 4.61. The van der Waals surface area contributed by atoms with Gasteiger partial charge in [0.2, 0.25) is 0 Å². The highest BCUT2D eigenvalue weighted by Crippen LogP contribution is 2.27. The maximum Gasteiger partial charge on any atom is 0.321 e. The maximum atomic E-state index is 12.7. The molecule has 0 aliphatic carbocycles. The molecule has 1 aromatic carbocycles. The van der Waals surface area contributed by atoms with Crippen LogP contribution in [0.5, 0.6) is 0 Å². The molecule has 0 N–H and O–H groups in total. The highest BCUT2D eigenvalue weighted by atomic mass is 32.1. The van der Waals surface area contributed by atoms with Gasteiger partial charge in [0.1, 0.15) is 0 Å². The van der Waals surface area contributed by atoms with Gasteiger partial charge in [0.25, 0.3) is 0 Å². The van der Waals surface area contributed by atoms with E-state index in [1.807, 2.05) is 0 Å². The normalized spacial score (nSPS) is 11.9. The first-order valence-electron chi connectivity index (χ1n) is 4.32. The number of halogens is 4. The molecule has 0 saturated carbocycles. The van der Waals surface area contributed by atoms with Crippen molar-refractivity contribution in [1.82, 2.24) is 9.13 Å². The molecule has 1 aromatic heterocycles. The third kappa shape index (κ3) is 1.51. The largest absolute Gasteiger partial charge is 0.321 e. The SMILES string of the molecule is FC(F)n1c(=S)n(C(F)F)c2ccccc21. The van der Waals surface area contributed by atoms with Crippen molar-refractivity contribution in [2.24, 2.45) is 0 Å². The van der Waals surface area contributed by atoms with E-state index in [1.165, 1.54) is 24.3 Å². The van der Waals surface area contributed by atoms with Crippen molar-refractivity contribution < 1.29 is 17.6 Å². The van der Waals surface area contributed by atoms with Crippen LogP contribution in [-0.2, 0) is 0 Å². The first kappa shape index (κ1) is 11.1. The molecular weight excluding hydrogens is 244 g/mol. The van der Waals surface area contributed by atoms with Crippen molar-refractivity contribution in [3.05, 3.63) is 29.0 Å². The van der Waals surface area contributed by atoms with E-state index in [9.17, 15) is 17.6 Å². The van der Waals surface area contributed by atoms with Gasteiger partial charge >= 0.3 is 13.1 Å². The third-order valence-electron chi connectivity index (χ3n) is 2.20. The van der Waals surface area contributed by atoms with Gasteiger partial charge < -0.3 is 0 Å². The number of nitrogens with zero attached hydrogens (tertiary/aromatic N) is 2. The second kappa shape index (κ2) is 3.89. The molecule has 0 aliphatic rings. The van der Waals surface area contributed by atoms with E-state index in [1.54, 1.807) is 0 Å². The fourth-order valence-corrected chi connectivity index (χ4v) is 1.93. The van der Waals surface area contributed by atoms with Crippen LogP contribution >= 0.6 is 12.2 Å². The lowest BCUT2D eigenvalue weighted by atomic mass is 10.3. The Balaban J connectivity index is 2.92. The molecule has 0 aliphatic heterocycles. The van der Waals surface area contributed by atoms with Gasteiger partial charge in [-0.15, -0.1) is 0 Å². The summed E-state index contributed by atoms with van der Waals surface area (Å²) in [6, 6.07) is 5.64. The van der Waals surface area contributed by atoms with E-state index in [2.05, 4.69) is 12.2 Å². The first-order valence-corrected chi connectivity index (χ1v) is 4.72. The van der Waals surface area contributed by atoms with Gasteiger partial charge in [-0.05, 0) is 24.4 Å². The van der Waals surface area contributed by atoms with E-state index in [4.69, 9.17) is 0 Å². The Morgan fingerprint density at radius 2 is 1.25 bits per heavy atom. The zero-order valence-corrected chi connectivity index (χ0v) is 8.60. The number of hydrogen-bond acceptors (Lipinski definition) is 1. The summed E-state index contributed by atoms with van der Waals surface area (Å²) in [6.07, 6.45) is 0. The predicted molar refractivity (Wildman–Crippen MR) is 53.3 cm³/mol. The molecule has 0 spiro atoms. The number of aromatic nitrogens is 2. The molecule has 0 saturated heterocycles. The molecule has 16 heavy (non-hydrogen) atoms. The number of benzene rings is 1. The molecule has 0 unspecified atom stereocenters. The molecule has 2 rings (SSSR count). The van der Waals surface area contributed by atoms with Crippen LogP contribution in [0.3, 0.4) is 0 Å². The van der Waals surface area contributed by atoms with E-state index >= 15 is 0 Å². The summed E-state index contributed by atoms with van der Waals surface area (Å²) in [5, 5.41) is 0. The highest BCUT2D eigenvalue weighted by Gasteiger charge is 2.20. The minimum Gasteiger partial charge on any atom is -0.259 e.